The molecule has 2 aromatic carbocycles. The van der Waals surface area contributed by atoms with Crippen molar-refractivity contribution in [3.63, 3.8) is 0 Å². The van der Waals surface area contributed by atoms with Gasteiger partial charge in [-0.1, -0.05) is 44.2 Å². The van der Waals surface area contributed by atoms with Crippen LogP contribution in [-0.2, 0) is 12.6 Å². The van der Waals surface area contributed by atoms with Crippen LogP contribution in [0.3, 0.4) is 0 Å². The number of anilines is 2. The van der Waals surface area contributed by atoms with Gasteiger partial charge < -0.3 is 10.6 Å². The van der Waals surface area contributed by atoms with Gasteiger partial charge in [0.1, 0.15) is 23.4 Å². The highest BCUT2D eigenvalue weighted by Crippen LogP contribution is 2.48. The molecule has 3 aromatic heterocycles. The molecule has 46 heavy (non-hydrogen) atoms. The molecule has 0 radical (unpaired) electrons. The Morgan fingerprint density at radius 2 is 1.83 bits per heavy atom. The van der Waals surface area contributed by atoms with Crippen molar-refractivity contribution in [3.8, 4) is 23.3 Å². The molecule has 0 unspecified atom stereocenters. The Bertz CT molecular complexity index is 2020. The molecule has 1 aliphatic carbocycles. The van der Waals surface area contributed by atoms with Gasteiger partial charge in [-0.25, -0.2) is 13.5 Å². The van der Waals surface area contributed by atoms with Gasteiger partial charge in [-0.15, -0.1) is 5.10 Å². The van der Waals surface area contributed by atoms with Crippen LogP contribution in [0.2, 0.25) is 0 Å². The highest BCUT2D eigenvalue weighted by molar-refractivity contribution is 5.99. The van der Waals surface area contributed by atoms with Crippen LogP contribution in [-0.4, -0.2) is 42.7 Å². The zero-order valence-corrected chi connectivity index (χ0v) is 26.3. The first-order chi connectivity index (χ1) is 21.9. The second-order valence-electron chi connectivity index (χ2n) is 13.1. The molecule has 0 amide bonds. The van der Waals surface area contributed by atoms with E-state index in [0.717, 1.165) is 22.3 Å². The molecule has 1 saturated carbocycles. The molecule has 5 aromatic rings. The minimum absolute atomic E-state index is 0.0822. The Labute approximate surface area is 265 Å². The van der Waals surface area contributed by atoms with Crippen molar-refractivity contribution < 1.29 is 8.78 Å². The summed E-state index contributed by atoms with van der Waals surface area (Å²) in [4.78, 5) is 4.46. The number of alkyl halides is 2. The highest BCUT2D eigenvalue weighted by atomic mass is 19.3. The Kier molecular flexibility index (Phi) is 7.69. The summed E-state index contributed by atoms with van der Waals surface area (Å²) in [6, 6.07) is 13.3. The lowest BCUT2D eigenvalue weighted by Gasteiger charge is -2.23. The molecule has 0 aliphatic heterocycles. The zero-order valence-electron chi connectivity index (χ0n) is 26.3. The molecule has 0 saturated heterocycles. The second kappa shape index (κ2) is 11.5. The maximum absolute atomic E-state index is 14.0. The van der Waals surface area contributed by atoms with Crippen molar-refractivity contribution in [3.05, 3.63) is 83.1 Å². The smallest absolute Gasteiger partial charge is 0.263 e. The maximum Gasteiger partial charge on any atom is 0.263 e. The number of halogens is 2. The fourth-order valence-corrected chi connectivity index (χ4v) is 5.72. The number of aromatic nitrogens is 6. The maximum atomic E-state index is 14.0. The van der Waals surface area contributed by atoms with Crippen LogP contribution in [0.5, 0.6) is 0 Å². The number of pyridine rings is 1. The van der Waals surface area contributed by atoms with Crippen molar-refractivity contribution in [1.29, 1.82) is 10.5 Å². The van der Waals surface area contributed by atoms with Crippen LogP contribution in [0.25, 0.3) is 22.0 Å². The SMILES string of the molecule is Cc1c(-c2cnn(C)c2)cccc1[C@H](Nc1cc(C#N)c2ncc(C#N)c(NCC(C)(C)C)c2c1)c1cn(C2(C(F)F)CC2)nn1. The van der Waals surface area contributed by atoms with Crippen LogP contribution in [0.4, 0.5) is 20.2 Å². The van der Waals surface area contributed by atoms with E-state index in [2.05, 4.69) is 63.9 Å². The van der Waals surface area contributed by atoms with Crippen molar-refractivity contribution in [2.75, 3.05) is 17.2 Å². The molecule has 1 aliphatic rings. The molecule has 1 atom stereocenters. The van der Waals surface area contributed by atoms with Gasteiger partial charge in [-0.2, -0.15) is 15.6 Å². The van der Waals surface area contributed by atoms with Crippen molar-refractivity contribution in [2.24, 2.45) is 12.5 Å². The van der Waals surface area contributed by atoms with Gasteiger partial charge in [0, 0.05) is 42.6 Å². The van der Waals surface area contributed by atoms with Crippen molar-refractivity contribution >= 4 is 22.3 Å². The number of hydrogen-bond donors (Lipinski definition) is 2. The van der Waals surface area contributed by atoms with Crippen LogP contribution in [0, 0.1) is 35.0 Å². The number of nitriles is 2. The minimum atomic E-state index is -2.57. The summed E-state index contributed by atoms with van der Waals surface area (Å²) in [6.45, 7) is 8.84. The van der Waals surface area contributed by atoms with E-state index in [1.807, 2.05) is 44.4 Å². The van der Waals surface area contributed by atoms with E-state index in [9.17, 15) is 19.3 Å². The van der Waals surface area contributed by atoms with E-state index < -0.39 is 18.0 Å². The molecular formula is C34H34F2N10. The molecule has 12 heteroatoms. The van der Waals surface area contributed by atoms with Gasteiger partial charge in [0.15, 0.2) is 0 Å². The van der Waals surface area contributed by atoms with Crippen LogP contribution < -0.4 is 10.6 Å². The summed E-state index contributed by atoms with van der Waals surface area (Å²) < 4.78 is 31.1. The molecule has 234 valence electrons. The lowest BCUT2D eigenvalue weighted by Crippen LogP contribution is -2.26. The van der Waals surface area contributed by atoms with Gasteiger partial charge >= 0.3 is 0 Å². The number of hydrogen-bond acceptors (Lipinski definition) is 8. The summed E-state index contributed by atoms with van der Waals surface area (Å²) in [7, 11) is 1.85. The van der Waals surface area contributed by atoms with E-state index in [0.29, 0.717) is 58.5 Å². The predicted molar refractivity (Wildman–Crippen MR) is 171 cm³/mol. The summed E-state index contributed by atoms with van der Waals surface area (Å²) >= 11 is 0. The molecule has 0 spiro atoms. The third kappa shape index (κ3) is 5.63. The Balaban J connectivity index is 1.50. The van der Waals surface area contributed by atoms with Crippen LogP contribution in [0.15, 0.2) is 55.1 Å². The molecule has 2 N–H and O–H groups in total. The molecule has 3 heterocycles. The van der Waals surface area contributed by atoms with E-state index in [1.165, 1.54) is 10.9 Å². The number of benzene rings is 2. The van der Waals surface area contributed by atoms with E-state index in [-0.39, 0.29) is 5.41 Å². The normalized spacial score (nSPS) is 14.6. The number of nitrogens with zero attached hydrogens (tertiary/aromatic N) is 8. The number of nitrogens with one attached hydrogen (secondary N) is 2. The molecule has 6 rings (SSSR count). The molecule has 10 nitrogen and oxygen atoms in total. The summed E-state index contributed by atoms with van der Waals surface area (Å²) in [6.07, 6.45) is 4.88. The van der Waals surface area contributed by atoms with Gasteiger partial charge in [0.05, 0.1) is 40.8 Å². The molecule has 1 fully saturated rings. The third-order valence-corrected chi connectivity index (χ3v) is 8.45. The van der Waals surface area contributed by atoms with E-state index in [1.54, 1.807) is 23.1 Å². The fraction of sp³-hybridized carbons (Fsp3) is 0.353. The van der Waals surface area contributed by atoms with E-state index >= 15 is 0 Å². The van der Waals surface area contributed by atoms with Gasteiger partial charge in [-0.05, 0) is 54.0 Å². The first-order valence-electron chi connectivity index (χ1n) is 15.0. The lowest BCUT2D eigenvalue weighted by molar-refractivity contribution is 0.0593. The fourth-order valence-electron chi connectivity index (χ4n) is 5.72. The van der Waals surface area contributed by atoms with Crippen molar-refractivity contribution in [1.82, 2.24) is 29.8 Å². The average Bonchev–Trinajstić information content (AvgIpc) is 3.49. The van der Waals surface area contributed by atoms with Gasteiger partial charge in [0.25, 0.3) is 6.43 Å². The van der Waals surface area contributed by atoms with Crippen molar-refractivity contribution in [2.45, 2.75) is 58.5 Å². The minimum Gasteiger partial charge on any atom is -0.383 e. The van der Waals surface area contributed by atoms with Crippen LogP contribution >= 0.6 is 0 Å². The number of rotatable bonds is 9. The topological polar surface area (TPSA) is 133 Å². The van der Waals surface area contributed by atoms with Gasteiger partial charge in [0.2, 0.25) is 0 Å². The first kappa shape index (κ1) is 30.7. The first-order valence-corrected chi connectivity index (χ1v) is 15.0. The largest absolute Gasteiger partial charge is 0.383 e. The quantitative estimate of drug-likeness (QED) is 0.186. The average molecular weight is 621 g/mol. The summed E-state index contributed by atoms with van der Waals surface area (Å²) in [5, 5.41) is 40.5. The number of fused-ring (bicyclic) bond motifs is 1. The summed E-state index contributed by atoms with van der Waals surface area (Å²) in [5.41, 5.74) is 5.02. The molecule has 0 bridgehead atoms. The highest BCUT2D eigenvalue weighted by Gasteiger charge is 2.54. The monoisotopic (exact) mass is 620 g/mol. The summed E-state index contributed by atoms with van der Waals surface area (Å²) in [5.74, 6) is 0. The molecular weight excluding hydrogens is 586 g/mol. The van der Waals surface area contributed by atoms with Crippen LogP contribution in [0.1, 0.15) is 67.6 Å². The van der Waals surface area contributed by atoms with Gasteiger partial charge in [-0.3, -0.25) is 9.67 Å². The Morgan fingerprint density at radius 3 is 2.46 bits per heavy atom. The number of aryl methyl sites for hydroxylation is 1. The standard InChI is InChI=1S/C34H34F2N10/c1-20-25(23-16-41-45(5)17-23)7-6-8-26(20)31(28-18-46(44-43-28)34(9-10-34)32(35)36)42-24-11-21(13-37)29-27(12-24)30(22(14-38)15-39-29)40-19-33(2,3)4/h6-8,11-12,15-18,31-32,42H,9-10,19H2,1-5H3,(H,39,40)/t31-/m0/s1. The second-order valence-corrected chi connectivity index (χ2v) is 13.1. The van der Waals surface area contributed by atoms with E-state index in [4.69, 9.17) is 0 Å². The Morgan fingerprint density at radius 1 is 1.07 bits per heavy atom. The lowest BCUT2D eigenvalue weighted by atomic mass is 9.92. The Hall–Kier alpha value is -5.36. The zero-order chi connectivity index (χ0) is 32.8. The third-order valence-electron chi connectivity index (χ3n) is 8.45. The predicted octanol–water partition coefficient (Wildman–Crippen LogP) is 6.69.